The Morgan fingerprint density at radius 2 is 1.81 bits per heavy atom. The number of amides is 1. The summed E-state index contributed by atoms with van der Waals surface area (Å²) < 4.78 is 19.7. The molecule has 0 spiro atoms. The summed E-state index contributed by atoms with van der Waals surface area (Å²) in [5.41, 5.74) is 0.680. The van der Waals surface area contributed by atoms with Gasteiger partial charge in [-0.2, -0.15) is 0 Å². The fourth-order valence-electron chi connectivity index (χ4n) is 6.29. The predicted octanol–water partition coefficient (Wildman–Crippen LogP) is 2.97. The highest BCUT2D eigenvalue weighted by Gasteiger charge is 2.49. The van der Waals surface area contributed by atoms with Crippen LogP contribution in [0, 0.1) is 29.5 Å². The summed E-state index contributed by atoms with van der Waals surface area (Å²) in [5, 5.41) is 3.36. The molecule has 1 atom stereocenters. The number of nitrogens with one attached hydrogen (secondary N) is 1. The average molecular weight is 372 g/mol. The average Bonchev–Trinajstić information content (AvgIpc) is 2.66. The van der Waals surface area contributed by atoms with Crippen molar-refractivity contribution in [2.75, 3.05) is 19.7 Å². The van der Waals surface area contributed by atoms with Gasteiger partial charge >= 0.3 is 0 Å². The predicted molar refractivity (Wildman–Crippen MR) is 100 cm³/mol. The van der Waals surface area contributed by atoms with Gasteiger partial charge in [0, 0.05) is 31.2 Å². The van der Waals surface area contributed by atoms with E-state index in [0.29, 0.717) is 43.1 Å². The van der Waals surface area contributed by atoms with Crippen LogP contribution in [0.1, 0.15) is 37.7 Å². The molecular weight excluding hydrogens is 343 g/mol. The molecule has 4 saturated carbocycles. The maximum absolute atomic E-state index is 13.9. The molecule has 1 N–H and O–H groups in total. The normalized spacial score (nSPS) is 38.1. The highest BCUT2D eigenvalue weighted by molar-refractivity contribution is 5.81. The molecule has 5 aliphatic rings. The molecule has 4 nitrogen and oxygen atoms in total. The lowest BCUT2D eigenvalue weighted by atomic mass is 9.54. The van der Waals surface area contributed by atoms with Crippen LogP contribution in [0.15, 0.2) is 24.3 Å². The van der Waals surface area contributed by atoms with E-state index in [-0.39, 0.29) is 11.7 Å². The van der Waals surface area contributed by atoms with Gasteiger partial charge < -0.3 is 10.1 Å². The topological polar surface area (TPSA) is 41.6 Å². The molecular formula is C22H29FN2O2. The van der Waals surface area contributed by atoms with E-state index in [9.17, 15) is 9.18 Å². The zero-order chi connectivity index (χ0) is 18.4. The molecule has 1 aliphatic heterocycles. The summed E-state index contributed by atoms with van der Waals surface area (Å²) in [6.07, 6.45) is 6.16. The van der Waals surface area contributed by atoms with Gasteiger partial charge in [-0.3, -0.25) is 9.69 Å². The van der Waals surface area contributed by atoms with Crippen molar-refractivity contribution >= 4 is 5.91 Å². The van der Waals surface area contributed by atoms with Crippen molar-refractivity contribution in [3.63, 3.8) is 0 Å². The highest BCUT2D eigenvalue weighted by atomic mass is 19.1. The van der Waals surface area contributed by atoms with Gasteiger partial charge in [-0.25, -0.2) is 4.39 Å². The maximum Gasteiger partial charge on any atom is 0.250 e. The first kappa shape index (κ1) is 17.6. The minimum absolute atomic E-state index is 0.0331. The number of hydrogen-bond donors (Lipinski definition) is 1. The van der Waals surface area contributed by atoms with Crippen molar-refractivity contribution in [2.24, 2.45) is 23.7 Å². The lowest BCUT2D eigenvalue weighted by molar-refractivity contribution is -0.142. The number of morpholine rings is 1. The van der Waals surface area contributed by atoms with E-state index >= 15 is 0 Å². The molecule has 27 heavy (non-hydrogen) atoms. The second-order valence-electron chi connectivity index (χ2n) is 9.15. The maximum atomic E-state index is 13.9. The van der Waals surface area contributed by atoms with Crippen LogP contribution in [0.25, 0.3) is 0 Å². The second kappa shape index (κ2) is 7.17. The monoisotopic (exact) mass is 372 g/mol. The van der Waals surface area contributed by atoms with E-state index < -0.39 is 6.10 Å². The van der Waals surface area contributed by atoms with E-state index in [0.717, 1.165) is 18.4 Å². The molecule has 1 heterocycles. The summed E-state index contributed by atoms with van der Waals surface area (Å²) in [7, 11) is 0. The molecule has 1 unspecified atom stereocenters. The lowest BCUT2D eigenvalue weighted by Crippen LogP contribution is -2.59. The minimum Gasteiger partial charge on any atom is -0.366 e. The minimum atomic E-state index is -0.442. The van der Waals surface area contributed by atoms with Crippen molar-refractivity contribution in [1.29, 1.82) is 0 Å². The number of rotatable bonds is 4. The molecule has 5 heteroatoms. The van der Waals surface area contributed by atoms with Gasteiger partial charge in [0.1, 0.15) is 11.9 Å². The van der Waals surface area contributed by atoms with Gasteiger partial charge in [0.05, 0.1) is 6.61 Å². The van der Waals surface area contributed by atoms with Gasteiger partial charge in [-0.15, -0.1) is 0 Å². The summed E-state index contributed by atoms with van der Waals surface area (Å²) in [6.45, 7) is 2.32. The number of carbonyl (C=O) groups excluding carboxylic acids is 1. The standard InChI is InChI=1S/C22H29FN2O2/c23-19-4-2-1-3-16(19)12-25-5-6-27-20(13-25)22(26)24-21-17-8-14-7-15(10-17)11-18(21)9-14/h1-4,14-15,17-18,20-21H,5-13H2,(H,24,26). The SMILES string of the molecule is O=C(NC1C2CC3CC(C2)CC1C3)C1CN(Cc2ccccc2F)CCO1. The van der Waals surface area contributed by atoms with E-state index in [2.05, 4.69) is 10.2 Å². The Kier molecular flexibility index (Phi) is 4.68. The van der Waals surface area contributed by atoms with E-state index in [4.69, 9.17) is 4.74 Å². The molecule has 6 rings (SSSR count). The Labute approximate surface area is 160 Å². The van der Waals surface area contributed by atoms with Crippen LogP contribution in [0.3, 0.4) is 0 Å². The van der Waals surface area contributed by atoms with Crippen molar-refractivity contribution in [1.82, 2.24) is 10.2 Å². The van der Waals surface area contributed by atoms with Gasteiger partial charge in [-0.05, 0) is 61.8 Å². The highest BCUT2D eigenvalue weighted by Crippen LogP contribution is 2.53. The van der Waals surface area contributed by atoms with E-state index in [1.165, 1.54) is 38.2 Å². The molecule has 1 saturated heterocycles. The fourth-order valence-corrected chi connectivity index (χ4v) is 6.29. The van der Waals surface area contributed by atoms with Crippen molar-refractivity contribution in [3.05, 3.63) is 35.6 Å². The quantitative estimate of drug-likeness (QED) is 0.884. The third-order valence-corrected chi connectivity index (χ3v) is 7.33. The summed E-state index contributed by atoms with van der Waals surface area (Å²) >= 11 is 0. The second-order valence-corrected chi connectivity index (χ2v) is 9.15. The van der Waals surface area contributed by atoms with Crippen LogP contribution < -0.4 is 5.32 Å². The smallest absolute Gasteiger partial charge is 0.250 e. The molecule has 0 radical (unpaired) electrons. The Balaban J connectivity index is 1.20. The Bertz CT molecular complexity index is 681. The number of halogens is 1. The van der Waals surface area contributed by atoms with Crippen LogP contribution in [-0.4, -0.2) is 42.6 Å². The Hall–Kier alpha value is -1.46. The molecule has 5 fully saturated rings. The van der Waals surface area contributed by atoms with Crippen LogP contribution in [0.4, 0.5) is 4.39 Å². The van der Waals surface area contributed by atoms with Gasteiger partial charge in [0.15, 0.2) is 0 Å². The molecule has 4 aliphatic carbocycles. The number of nitrogens with zero attached hydrogens (tertiary/aromatic N) is 1. The molecule has 4 bridgehead atoms. The van der Waals surface area contributed by atoms with Crippen molar-refractivity contribution in [2.45, 2.75) is 50.8 Å². The first-order chi connectivity index (χ1) is 13.2. The molecule has 1 aromatic rings. The number of ether oxygens (including phenoxy) is 1. The summed E-state index contributed by atoms with van der Waals surface area (Å²) in [5.74, 6) is 3.00. The molecule has 1 amide bonds. The van der Waals surface area contributed by atoms with Gasteiger partial charge in [-0.1, -0.05) is 18.2 Å². The zero-order valence-electron chi connectivity index (χ0n) is 15.8. The summed E-state index contributed by atoms with van der Waals surface area (Å²) in [6, 6.07) is 7.21. The van der Waals surface area contributed by atoms with Crippen LogP contribution >= 0.6 is 0 Å². The van der Waals surface area contributed by atoms with Gasteiger partial charge in [0.2, 0.25) is 0 Å². The molecule has 146 valence electrons. The lowest BCUT2D eigenvalue weighted by Gasteiger charge is -2.54. The third-order valence-electron chi connectivity index (χ3n) is 7.33. The number of hydrogen-bond acceptors (Lipinski definition) is 3. The van der Waals surface area contributed by atoms with Crippen molar-refractivity contribution in [3.8, 4) is 0 Å². The Morgan fingerprint density at radius 3 is 2.52 bits per heavy atom. The zero-order valence-corrected chi connectivity index (χ0v) is 15.8. The van der Waals surface area contributed by atoms with Crippen molar-refractivity contribution < 1.29 is 13.9 Å². The number of benzene rings is 1. The first-order valence-corrected chi connectivity index (χ1v) is 10.5. The van der Waals surface area contributed by atoms with E-state index in [1.807, 2.05) is 12.1 Å². The van der Waals surface area contributed by atoms with Crippen LogP contribution in [0.2, 0.25) is 0 Å². The largest absolute Gasteiger partial charge is 0.366 e. The molecule has 0 aromatic heterocycles. The number of carbonyl (C=O) groups is 1. The molecule has 1 aromatic carbocycles. The summed E-state index contributed by atoms with van der Waals surface area (Å²) in [4.78, 5) is 15.0. The fraction of sp³-hybridized carbons (Fsp3) is 0.682. The third kappa shape index (κ3) is 3.52. The van der Waals surface area contributed by atoms with Gasteiger partial charge in [0.25, 0.3) is 5.91 Å². The Morgan fingerprint density at radius 1 is 1.11 bits per heavy atom. The van der Waals surface area contributed by atoms with E-state index in [1.54, 1.807) is 6.07 Å². The first-order valence-electron chi connectivity index (χ1n) is 10.5. The van der Waals surface area contributed by atoms with Crippen LogP contribution in [-0.2, 0) is 16.1 Å². The van der Waals surface area contributed by atoms with Crippen LogP contribution in [0.5, 0.6) is 0 Å².